The van der Waals surface area contributed by atoms with Crippen LogP contribution in [0.2, 0.25) is 0 Å². The van der Waals surface area contributed by atoms with Gasteiger partial charge in [-0.3, -0.25) is 10.4 Å². The van der Waals surface area contributed by atoms with Gasteiger partial charge in [-0.15, -0.1) is 0 Å². The SMILES string of the molecule is CCOc1ccc2c(-c3n[nH]cc3C)c(-c3ccc(NC(=O)OC(C)C4CC4)cc3)n(C3CCC3)c2c1. The van der Waals surface area contributed by atoms with Crippen LogP contribution >= 0.6 is 0 Å². The van der Waals surface area contributed by atoms with Gasteiger partial charge < -0.3 is 14.0 Å². The standard InChI is InChI=1S/C30H34N4O3/c1-4-36-24-14-15-25-26(16-24)34(23-6-5-7-23)29(27(25)28-18(2)17-31-33-28)21-10-12-22(13-11-21)32-30(35)37-19(3)20-8-9-20/h10-17,19-20,23H,4-9H2,1-3H3,(H,31,33)(H,32,35). The van der Waals surface area contributed by atoms with Gasteiger partial charge >= 0.3 is 6.09 Å². The molecule has 192 valence electrons. The zero-order chi connectivity index (χ0) is 25.5. The van der Waals surface area contributed by atoms with E-state index in [0.717, 1.165) is 65.2 Å². The highest BCUT2D eigenvalue weighted by atomic mass is 16.6. The molecule has 2 aliphatic rings. The van der Waals surface area contributed by atoms with Gasteiger partial charge in [0.05, 0.1) is 23.5 Å². The molecule has 2 aromatic carbocycles. The first-order valence-corrected chi connectivity index (χ1v) is 13.4. The van der Waals surface area contributed by atoms with Crippen molar-refractivity contribution < 1.29 is 14.3 Å². The average Bonchev–Trinajstić information content (AvgIpc) is 3.56. The Balaban J connectivity index is 1.43. The number of nitrogens with zero attached hydrogens (tertiary/aromatic N) is 2. The predicted molar refractivity (Wildman–Crippen MR) is 146 cm³/mol. The molecule has 0 bridgehead atoms. The number of ether oxygens (including phenoxy) is 2. The van der Waals surface area contributed by atoms with Gasteiger partial charge in [0, 0.05) is 34.9 Å². The van der Waals surface area contributed by atoms with Crippen LogP contribution in [0.4, 0.5) is 10.5 Å². The molecule has 2 heterocycles. The molecule has 2 aliphatic carbocycles. The van der Waals surface area contributed by atoms with Crippen molar-refractivity contribution in [3.8, 4) is 28.3 Å². The van der Waals surface area contributed by atoms with Crippen LogP contribution in [-0.4, -0.2) is 33.6 Å². The Labute approximate surface area is 217 Å². The molecule has 2 aromatic heterocycles. The summed E-state index contributed by atoms with van der Waals surface area (Å²) in [7, 11) is 0. The maximum Gasteiger partial charge on any atom is 0.411 e. The maximum atomic E-state index is 12.4. The van der Waals surface area contributed by atoms with Crippen molar-refractivity contribution in [3.05, 3.63) is 54.2 Å². The zero-order valence-corrected chi connectivity index (χ0v) is 21.7. The second-order valence-electron chi connectivity index (χ2n) is 10.4. The lowest BCUT2D eigenvalue weighted by Crippen LogP contribution is -2.21. The highest BCUT2D eigenvalue weighted by Crippen LogP contribution is 2.47. The minimum absolute atomic E-state index is 0.0429. The van der Waals surface area contributed by atoms with E-state index in [1.54, 1.807) is 0 Å². The predicted octanol–water partition coefficient (Wildman–Crippen LogP) is 7.48. The molecule has 0 aliphatic heterocycles. The number of nitrogens with one attached hydrogen (secondary N) is 2. The summed E-state index contributed by atoms with van der Waals surface area (Å²) in [5.41, 5.74) is 7.32. The summed E-state index contributed by atoms with van der Waals surface area (Å²) in [5.74, 6) is 1.39. The van der Waals surface area contributed by atoms with Crippen LogP contribution in [0.1, 0.15) is 57.6 Å². The molecule has 2 fully saturated rings. The molecule has 4 aromatic rings. The van der Waals surface area contributed by atoms with Crippen LogP contribution < -0.4 is 10.1 Å². The number of aryl methyl sites for hydroxylation is 1. The highest BCUT2D eigenvalue weighted by Gasteiger charge is 2.31. The minimum Gasteiger partial charge on any atom is -0.494 e. The van der Waals surface area contributed by atoms with Crippen LogP contribution in [-0.2, 0) is 4.74 Å². The van der Waals surface area contributed by atoms with Crippen molar-refractivity contribution in [2.75, 3.05) is 11.9 Å². The van der Waals surface area contributed by atoms with Crippen molar-refractivity contribution in [2.24, 2.45) is 5.92 Å². The number of anilines is 1. The molecule has 0 saturated heterocycles. The third-order valence-corrected chi connectivity index (χ3v) is 7.78. The van der Waals surface area contributed by atoms with E-state index in [-0.39, 0.29) is 6.10 Å². The van der Waals surface area contributed by atoms with Crippen molar-refractivity contribution >= 4 is 22.7 Å². The summed E-state index contributed by atoms with van der Waals surface area (Å²) < 4.78 is 13.9. The largest absolute Gasteiger partial charge is 0.494 e. The Morgan fingerprint density at radius 1 is 1.16 bits per heavy atom. The van der Waals surface area contributed by atoms with Gasteiger partial charge in [0.1, 0.15) is 11.9 Å². The Morgan fingerprint density at radius 3 is 2.57 bits per heavy atom. The Kier molecular flexibility index (Phi) is 6.14. The molecule has 6 rings (SSSR count). The summed E-state index contributed by atoms with van der Waals surface area (Å²) in [4.78, 5) is 12.4. The Bertz CT molecular complexity index is 1430. The van der Waals surface area contributed by atoms with Crippen molar-refractivity contribution in [3.63, 3.8) is 0 Å². The molecule has 1 unspecified atom stereocenters. The zero-order valence-electron chi connectivity index (χ0n) is 21.7. The van der Waals surface area contributed by atoms with Crippen LogP contribution in [0.3, 0.4) is 0 Å². The third kappa shape index (κ3) is 4.47. The number of hydrogen-bond acceptors (Lipinski definition) is 4. The highest BCUT2D eigenvalue weighted by molar-refractivity contribution is 6.05. The van der Waals surface area contributed by atoms with Crippen LogP contribution in [0, 0.1) is 12.8 Å². The molecule has 1 amide bonds. The smallest absolute Gasteiger partial charge is 0.411 e. The molecule has 37 heavy (non-hydrogen) atoms. The molecule has 0 spiro atoms. The summed E-state index contributed by atoms with van der Waals surface area (Å²) in [5, 5.41) is 11.8. The van der Waals surface area contributed by atoms with Gasteiger partial charge in [-0.1, -0.05) is 12.1 Å². The number of H-pyrrole nitrogens is 1. The lowest BCUT2D eigenvalue weighted by Gasteiger charge is -2.30. The Morgan fingerprint density at radius 2 is 1.95 bits per heavy atom. The molecular formula is C30H34N4O3. The molecule has 7 heteroatoms. The first kappa shape index (κ1) is 23.6. The Hall–Kier alpha value is -3.74. The number of hydrogen-bond donors (Lipinski definition) is 2. The van der Waals surface area contributed by atoms with Gasteiger partial charge in [0.25, 0.3) is 0 Å². The van der Waals surface area contributed by atoms with Gasteiger partial charge in [0.15, 0.2) is 0 Å². The monoisotopic (exact) mass is 498 g/mol. The summed E-state index contributed by atoms with van der Waals surface area (Å²) in [6.45, 7) is 6.70. The third-order valence-electron chi connectivity index (χ3n) is 7.78. The number of amides is 1. The molecule has 2 N–H and O–H groups in total. The van der Waals surface area contributed by atoms with E-state index in [1.165, 1.54) is 17.3 Å². The molecule has 7 nitrogen and oxygen atoms in total. The van der Waals surface area contributed by atoms with E-state index in [4.69, 9.17) is 9.47 Å². The fourth-order valence-corrected chi connectivity index (χ4v) is 5.39. The van der Waals surface area contributed by atoms with Crippen LogP contribution in [0.25, 0.3) is 33.4 Å². The summed E-state index contributed by atoms with van der Waals surface area (Å²) >= 11 is 0. The second-order valence-corrected chi connectivity index (χ2v) is 10.4. The number of carbonyl (C=O) groups is 1. The number of aromatic amines is 1. The molecule has 2 saturated carbocycles. The molecular weight excluding hydrogens is 464 g/mol. The molecule has 1 atom stereocenters. The van der Waals surface area contributed by atoms with Crippen molar-refractivity contribution in [2.45, 2.75) is 65.0 Å². The van der Waals surface area contributed by atoms with Gasteiger partial charge in [-0.2, -0.15) is 5.10 Å². The van der Waals surface area contributed by atoms with Gasteiger partial charge in [-0.05, 0) is 94.2 Å². The van der Waals surface area contributed by atoms with Crippen LogP contribution in [0.5, 0.6) is 5.75 Å². The lowest BCUT2D eigenvalue weighted by molar-refractivity contribution is 0.108. The number of aromatic nitrogens is 3. The second kappa shape index (κ2) is 9.61. The average molecular weight is 499 g/mol. The normalized spacial score (nSPS) is 16.4. The summed E-state index contributed by atoms with van der Waals surface area (Å²) in [6, 6.07) is 14.9. The quantitative estimate of drug-likeness (QED) is 0.264. The molecule has 0 radical (unpaired) electrons. The van der Waals surface area contributed by atoms with E-state index >= 15 is 0 Å². The number of rotatable bonds is 8. The van der Waals surface area contributed by atoms with E-state index in [2.05, 4.69) is 51.3 Å². The number of fused-ring (bicyclic) bond motifs is 1. The van der Waals surface area contributed by atoms with Crippen molar-refractivity contribution in [1.29, 1.82) is 0 Å². The first-order chi connectivity index (χ1) is 18.0. The maximum absolute atomic E-state index is 12.4. The fourth-order valence-electron chi connectivity index (χ4n) is 5.39. The van der Waals surface area contributed by atoms with Gasteiger partial charge in [0.2, 0.25) is 0 Å². The number of carbonyl (C=O) groups excluding carboxylic acids is 1. The van der Waals surface area contributed by atoms with Crippen molar-refractivity contribution in [1.82, 2.24) is 14.8 Å². The van der Waals surface area contributed by atoms with Gasteiger partial charge in [-0.25, -0.2) is 4.79 Å². The van der Waals surface area contributed by atoms with Crippen LogP contribution in [0.15, 0.2) is 48.7 Å². The fraction of sp³-hybridized carbons (Fsp3) is 0.400. The van der Waals surface area contributed by atoms with E-state index in [0.29, 0.717) is 18.6 Å². The first-order valence-electron chi connectivity index (χ1n) is 13.4. The van der Waals surface area contributed by atoms with E-state index in [1.807, 2.05) is 38.2 Å². The summed E-state index contributed by atoms with van der Waals surface area (Å²) in [6.07, 6.45) is 7.32. The lowest BCUT2D eigenvalue weighted by atomic mass is 9.92. The van der Waals surface area contributed by atoms with E-state index in [9.17, 15) is 4.79 Å². The minimum atomic E-state index is -0.396. The topological polar surface area (TPSA) is 81.2 Å². The number of benzene rings is 2. The van der Waals surface area contributed by atoms with E-state index < -0.39 is 6.09 Å².